The molecule has 0 aliphatic heterocycles. The molecule has 1 aromatic heterocycles. The van der Waals surface area contributed by atoms with Crippen LogP contribution in [0.1, 0.15) is 37.7 Å². The first kappa shape index (κ1) is 20.5. The molecule has 0 saturated carbocycles. The zero-order chi connectivity index (χ0) is 16.9. The molecule has 6 heteroatoms. The Balaban J connectivity index is 0.00000288. The van der Waals surface area contributed by atoms with Crippen LogP contribution in [0.25, 0.3) is 0 Å². The summed E-state index contributed by atoms with van der Waals surface area (Å²) in [6.45, 7) is 5.99. The Bertz CT molecular complexity index is 645. The van der Waals surface area contributed by atoms with E-state index in [0.29, 0.717) is 5.76 Å². The Morgan fingerprint density at radius 3 is 2.33 bits per heavy atom. The highest BCUT2D eigenvalue weighted by Gasteiger charge is 2.25. The first-order chi connectivity index (χ1) is 11.0. The third-order valence-electron chi connectivity index (χ3n) is 3.86. The van der Waals surface area contributed by atoms with E-state index in [1.807, 2.05) is 0 Å². The largest absolute Gasteiger partial charge is 0.466 e. The lowest BCUT2D eigenvalue weighted by Gasteiger charge is -2.19. The number of nitrogens with one attached hydrogen (secondary N) is 1. The highest BCUT2D eigenvalue weighted by Crippen LogP contribution is 2.23. The molecular formula is C18H26IN3O2. The lowest BCUT2D eigenvalue weighted by Crippen LogP contribution is -2.29. The van der Waals surface area contributed by atoms with Gasteiger partial charge in [-0.2, -0.15) is 0 Å². The van der Waals surface area contributed by atoms with E-state index in [-0.39, 0.29) is 36.5 Å². The minimum absolute atomic E-state index is 0. The molecule has 0 aliphatic carbocycles. The van der Waals surface area contributed by atoms with Crippen molar-refractivity contribution in [3.05, 3.63) is 53.5 Å². The molecule has 0 aliphatic rings. The minimum atomic E-state index is -1.19. The van der Waals surface area contributed by atoms with Crippen molar-refractivity contribution in [1.29, 1.82) is 0 Å². The fourth-order valence-electron chi connectivity index (χ4n) is 2.47. The van der Waals surface area contributed by atoms with Gasteiger partial charge in [-0.15, -0.1) is 24.0 Å². The van der Waals surface area contributed by atoms with Gasteiger partial charge < -0.3 is 20.6 Å². The van der Waals surface area contributed by atoms with E-state index in [1.54, 1.807) is 19.1 Å². The number of nitrogens with two attached hydrogens (primary N) is 1. The Kier molecular flexibility index (Phi) is 7.75. The number of furan rings is 1. The Hall–Kier alpha value is -1.54. The van der Waals surface area contributed by atoms with Crippen LogP contribution in [-0.2, 0) is 18.4 Å². The molecule has 1 atom stereocenters. The van der Waals surface area contributed by atoms with Crippen LogP contribution in [-0.4, -0.2) is 17.6 Å². The molecule has 5 nitrogen and oxygen atoms in total. The molecule has 0 spiro atoms. The third kappa shape index (κ3) is 4.98. The fourth-order valence-corrected chi connectivity index (χ4v) is 2.47. The molecule has 0 bridgehead atoms. The van der Waals surface area contributed by atoms with E-state index in [2.05, 4.69) is 42.4 Å². The van der Waals surface area contributed by atoms with Crippen molar-refractivity contribution in [2.75, 3.05) is 11.9 Å². The lowest BCUT2D eigenvalue weighted by molar-refractivity contribution is 0.0438. The first-order valence-electron chi connectivity index (χ1n) is 7.92. The number of rotatable bonds is 6. The number of hydrogen-bond donors (Lipinski definition) is 3. The quantitative estimate of drug-likeness (QED) is 0.362. The summed E-state index contributed by atoms with van der Waals surface area (Å²) in [4.78, 5) is 4.27. The molecule has 0 fully saturated rings. The number of guanidine groups is 1. The second-order valence-corrected chi connectivity index (χ2v) is 5.74. The van der Waals surface area contributed by atoms with Crippen LogP contribution < -0.4 is 11.1 Å². The van der Waals surface area contributed by atoms with Crippen LogP contribution in [0.4, 0.5) is 5.69 Å². The summed E-state index contributed by atoms with van der Waals surface area (Å²) in [5, 5.41) is 13.6. The van der Waals surface area contributed by atoms with Gasteiger partial charge in [0.25, 0.3) is 0 Å². The smallest absolute Gasteiger partial charge is 0.193 e. The van der Waals surface area contributed by atoms with Crippen molar-refractivity contribution >= 4 is 35.6 Å². The van der Waals surface area contributed by atoms with Crippen molar-refractivity contribution in [2.24, 2.45) is 10.7 Å². The predicted molar refractivity (Wildman–Crippen MR) is 109 cm³/mol. The van der Waals surface area contributed by atoms with Crippen LogP contribution in [0.3, 0.4) is 0 Å². The number of nitrogens with zero attached hydrogens (tertiary/aromatic N) is 1. The number of aliphatic imine (C=N–C) groups is 1. The van der Waals surface area contributed by atoms with Gasteiger partial charge in [-0.25, -0.2) is 4.99 Å². The average molecular weight is 443 g/mol. The van der Waals surface area contributed by atoms with Gasteiger partial charge in [0.15, 0.2) is 5.96 Å². The van der Waals surface area contributed by atoms with Crippen molar-refractivity contribution in [3.8, 4) is 0 Å². The summed E-state index contributed by atoms with van der Waals surface area (Å²) in [5.74, 6) is 0.754. The van der Waals surface area contributed by atoms with Gasteiger partial charge in [-0.3, -0.25) is 0 Å². The van der Waals surface area contributed by atoms with Crippen LogP contribution >= 0.6 is 24.0 Å². The molecule has 1 unspecified atom stereocenters. The van der Waals surface area contributed by atoms with E-state index < -0.39 is 5.60 Å². The maximum atomic E-state index is 10.4. The number of halogens is 1. The zero-order valence-corrected chi connectivity index (χ0v) is 16.7. The molecule has 4 N–H and O–H groups in total. The van der Waals surface area contributed by atoms with Gasteiger partial charge in [0, 0.05) is 5.69 Å². The topological polar surface area (TPSA) is 83.8 Å². The normalized spacial score (nSPS) is 13.9. The number of para-hydroxylation sites is 1. The molecule has 1 aromatic carbocycles. The van der Waals surface area contributed by atoms with Crippen molar-refractivity contribution in [1.82, 2.24) is 0 Å². The van der Waals surface area contributed by atoms with E-state index in [1.165, 1.54) is 17.4 Å². The second kappa shape index (κ2) is 9.08. The summed E-state index contributed by atoms with van der Waals surface area (Å²) in [7, 11) is 0. The Morgan fingerprint density at radius 1 is 1.21 bits per heavy atom. The SMILES string of the molecule is CCc1cccc(CC)c1NC(N)=NCC(C)(O)c1ccco1.I. The number of hydrogen-bond acceptors (Lipinski definition) is 3. The Morgan fingerprint density at radius 2 is 1.83 bits per heavy atom. The van der Waals surface area contributed by atoms with Crippen LogP contribution in [0.15, 0.2) is 46.0 Å². The zero-order valence-electron chi connectivity index (χ0n) is 14.4. The molecule has 1 heterocycles. The minimum Gasteiger partial charge on any atom is -0.466 e. The number of anilines is 1. The van der Waals surface area contributed by atoms with Gasteiger partial charge in [-0.05, 0) is 43.0 Å². The lowest BCUT2D eigenvalue weighted by atomic mass is 10.0. The highest BCUT2D eigenvalue weighted by molar-refractivity contribution is 14.0. The summed E-state index contributed by atoms with van der Waals surface area (Å²) in [6.07, 6.45) is 3.35. The molecular weight excluding hydrogens is 417 g/mol. The van der Waals surface area contributed by atoms with Gasteiger partial charge >= 0.3 is 0 Å². The standard InChI is InChI=1S/C18H25N3O2.HI/c1-4-13-8-6-9-14(5-2)16(13)21-17(19)20-12-18(3,22)15-10-7-11-23-15;/h6-11,22H,4-5,12H2,1-3H3,(H3,19,20,21);1H. The van der Waals surface area contributed by atoms with Gasteiger partial charge in [0.05, 0.1) is 12.8 Å². The average Bonchev–Trinajstić information content (AvgIpc) is 3.08. The highest BCUT2D eigenvalue weighted by atomic mass is 127. The van der Waals surface area contributed by atoms with E-state index in [9.17, 15) is 5.11 Å². The van der Waals surface area contributed by atoms with Crippen LogP contribution in [0, 0.1) is 0 Å². The Labute approximate surface area is 160 Å². The molecule has 0 saturated heterocycles. The van der Waals surface area contributed by atoms with Crippen molar-refractivity contribution < 1.29 is 9.52 Å². The van der Waals surface area contributed by atoms with Crippen molar-refractivity contribution in [2.45, 2.75) is 39.2 Å². The van der Waals surface area contributed by atoms with Gasteiger partial charge in [0.1, 0.15) is 11.4 Å². The van der Waals surface area contributed by atoms with Crippen LogP contribution in [0.2, 0.25) is 0 Å². The summed E-state index contributed by atoms with van der Waals surface area (Å²) in [5.41, 5.74) is 8.22. The molecule has 2 rings (SSSR count). The molecule has 0 radical (unpaired) electrons. The fraction of sp³-hybridized carbons (Fsp3) is 0.389. The van der Waals surface area contributed by atoms with Crippen molar-refractivity contribution in [3.63, 3.8) is 0 Å². The number of aryl methyl sites for hydroxylation is 2. The third-order valence-corrected chi connectivity index (χ3v) is 3.86. The van der Waals surface area contributed by atoms with E-state index in [4.69, 9.17) is 10.2 Å². The van der Waals surface area contributed by atoms with E-state index in [0.717, 1.165) is 18.5 Å². The summed E-state index contributed by atoms with van der Waals surface area (Å²) >= 11 is 0. The monoisotopic (exact) mass is 443 g/mol. The molecule has 132 valence electrons. The summed E-state index contributed by atoms with van der Waals surface area (Å²) < 4.78 is 5.24. The molecule has 2 aromatic rings. The number of aliphatic hydroxyl groups is 1. The maximum Gasteiger partial charge on any atom is 0.193 e. The predicted octanol–water partition coefficient (Wildman–Crippen LogP) is 3.66. The number of benzene rings is 1. The van der Waals surface area contributed by atoms with Crippen LogP contribution in [0.5, 0.6) is 0 Å². The summed E-state index contributed by atoms with van der Waals surface area (Å²) in [6, 6.07) is 9.67. The molecule has 0 amide bonds. The molecule has 24 heavy (non-hydrogen) atoms. The maximum absolute atomic E-state index is 10.4. The first-order valence-corrected chi connectivity index (χ1v) is 7.92. The van der Waals surface area contributed by atoms with Gasteiger partial charge in [0.2, 0.25) is 0 Å². The van der Waals surface area contributed by atoms with Gasteiger partial charge in [-0.1, -0.05) is 32.0 Å². The van der Waals surface area contributed by atoms with E-state index >= 15 is 0 Å². The second-order valence-electron chi connectivity index (χ2n) is 5.74.